The predicted octanol–water partition coefficient (Wildman–Crippen LogP) is 2.68. The molecule has 1 aromatic rings. The summed E-state index contributed by atoms with van der Waals surface area (Å²) in [4.78, 5) is 51.2. The number of Topliss-reactive ketones (excluding diaryl/α,β-unsaturated/α-hetero) is 4. The topological polar surface area (TPSA) is 81.2 Å². The van der Waals surface area contributed by atoms with Crippen molar-refractivity contribution in [2.24, 2.45) is 11.8 Å². The van der Waals surface area contributed by atoms with Crippen LogP contribution in [-0.2, 0) is 9.59 Å². The number of nitrogens with zero attached hydrogens (tertiary/aromatic N) is 1. The number of carbonyl (C=O) groups excluding carboxylic acids is 4. The van der Waals surface area contributed by atoms with E-state index in [9.17, 15) is 19.2 Å². The summed E-state index contributed by atoms with van der Waals surface area (Å²) in [5, 5.41) is 0. The number of pyridine rings is 1. The maximum absolute atomic E-state index is 12.0. The first kappa shape index (κ1) is 17.9. The fraction of sp³-hybridized carbons (Fsp3) is 0.471. The SMILES string of the molecule is CC(C)C(=O)CC(=O)c1cccc(C(=O)CC(=O)C(C)C)n1. The summed E-state index contributed by atoms with van der Waals surface area (Å²) in [7, 11) is 0. The van der Waals surface area contributed by atoms with E-state index in [-0.39, 0.29) is 47.6 Å². The molecule has 0 aliphatic rings. The van der Waals surface area contributed by atoms with Gasteiger partial charge in [0, 0.05) is 11.8 Å². The third-order valence-electron chi connectivity index (χ3n) is 3.28. The molecule has 5 nitrogen and oxygen atoms in total. The van der Waals surface area contributed by atoms with E-state index in [2.05, 4.69) is 4.98 Å². The molecule has 0 aliphatic carbocycles. The second kappa shape index (κ2) is 7.73. The molecule has 0 spiro atoms. The molecule has 1 rings (SSSR count). The zero-order valence-electron chi connectivity index (χ0n) is 13.4. The molecular formula is C17H21NO4. The van der Waals surface area contributed by atoms with Crippen molar-refractivity contribution in [3.05, 3.63) is 29.6 Å². The summed E-state index contributed by atoms with van der Waals surface area (Å²) in [6.07, 6.45) is -0.458. The summed E-state index contributed by atoms with van der Waals surface area (Å²) in [6.45, 7) is 6.89. The van der Waals surface area contributed by atoms with Gasteiger partial charge in [-0.05, 0) is 12.1 Å². The van der Waals surface area contributed by atoms with Crippen LogP contribution in [0.3, 0.4) is 0 Å². The highest BCUT2D eigenvalue weighted by molar-refractivity contribution is 6.09. The van der Waals surface area contributed by atoms with Gasteiger partial charge < -0.3 is 0 Å². The number of hydrogen-bond acceptors (Lipinski definition) is 5. The highest BCUT2D eigenvalue weighted by Crippen LogP contribution is 2.09. The molecule has 118 valence electrons. The van der Waals surface area contributed by atoms with Crippen LogP contribution in [0.5, 0.6) is 0 Å². The van der Waals surface area contributed by atoms with Crippen LogP contribution in [0.2, 0.25) is 0 Å². The lowest BCUT2D eigenvalue weighted by Crippen LogP contribution is -2.17. The summed E-state index contributed by atoms with van der Waals surface area (Å²) in [5.74, 6) is -1.61. The van der Waals surface area contributed by atoms with E-state index in [1.165, 1.54) is 18.2 Å². The molecular weight excluding hydrogens is 282 g/mol. The fourth-order valence-corrected chi connectivity index (χ4v) is 1.65. The van der Waals surface area contributed by atoms with Gasteiger partial charge in [0.05, 0.1) is 12.8 Å². The molecule has 0 aromatic carbocycles. The van der Waals surface area contributed by atoms with Gasteiger partial charge in [-0.3, -0.25) is 19.2 Å². The van der Waals surface area contributed by atoms with Crippen molar-refractivity contribution < 1.29 is 19.2 Å². The van der Waals surface area contributed by atoms with Gasteiger partial charge >= 0.3 is 0 Å². The van der Waals surface area contributed by atoms with Gasteiger partial charge in [-0.2, -0.15) is 0 Å². The van der Waals surface area contributed by atoms with Crippen LogP contribution < -0.4 is 0 Å². The van der Waals surface area contributed by atoms with Crippen molar-refractivity contribution in [3.8, 4) is 0 Å². The minimum absolute atomic E-state index is 0.0804. The van der Waals surface area contributed by atoms with Gasteiger partial charge in [-0.1, -0.05) is 33.8 Å². The van der Waals surface area contributed by atoms with Crippen molar-refractivity contribution in [1.82, 2.24) is 4.98 Å². The molecule has 0 aliphatic heterocycles. The Bertz CT molecular complexity index is 553. The molecule has 1 aromatic heterocycles. The van der Waals surface area contributed by atoms with E-state index in [1.54, 1.807) is 27.7 Å². The molecule has 22 heavy (non-hydrogen) atoms. The van der Waals surface area contributed by atoms with Gasteiger partial charge in [0.15, 0.2) is 11.6 Å². The molecule has 0 saturated heterocycles. The summed E-state index contributed by atoms with van der Waals surface area (Å²) in [5.41, 5.74) is 0.161. The Labute approximate surface area is 130 Å². The van der Waals surface area contributed by atoms with E-state index in [4.69, 9.17) is 0 Å². The van der Waals surface area contributed by atoms with E-state index in [0.717, 1.165) is 0 Å². The standard InChI is InChI=1S/C17H21NO4/c1-10(2)14(19)8-16(21)12-6-5-7-13(18-12)17(22)9-15(20)11(3)4/h5-7,10-11H,8-9H2,1-4H3. The van der Waals surface area contributed by atoms with Gasteiger partial charge in [0.25, 0.3) is 0 Å². The second-order valence-electron chi connectivity index (χ2n) is 5.85. The van der Waals surface area contributed by atoms with E-state index in [0.29, 0.717) is 0 Å². The Morgan fingerprint density at radius 3 is 1.50 bits per heavy atom. The molecule has 0 bridgehead atoms. The maximum atomic E-state index is 12.0. The summed E-state index contributed by atoms with van der Waals surface area (Å²) >= 11 is 0. The Hall–Kier alpha value is -2.17. The third kappa shape index (κ3) is 4.98. The van der Waals surface area contributed by atoms with Gasteiger partial charge in [0.2, 0.25) is 0 Å². The normalized spacial score (nSPS) is 10.8. The molecule has 0 radical (unpaired) electrons. The van der Waals surface area contributed by atoms with Crippen LogP contribution in [0.4, 0.5) is 0 Å². The Morgan fingerprint density at radius 2 is 1.18 bits per heavy atom. The van der Waals surface area contributed by atoms with Crippen LogP contribution in [0.1, 0.15) is 61.5 Å². The van der Waals surface area contributed by atoms with Gasteiger partial charge in [-0.15, -0.1) is 0 Å². The number of aromatic nitrogens is 1. The zero-order chi connectivity index (χ0) is 16.9. The molecule has 0 unspecified atom stereocenters. The molecule has 5 heteroatoms. The van der Waals surface area contributed by atoms with Gasteiger partial charge in [0.1, 0.15) is 23.0 Å². The monoisotopic (exact) mass is 303 g/mol. The predicted molar refractivity (Wildman–Crippen MR) is 81.8 cm³/mol. The largest absolute Gasteiger partial charge is 0.299 e. The molecule has 0 N–H and O–H groups in total. The fourth-order valence-electron chi connectivity index (χ4n) is 1.65. The van der Waals surface area contributed by atoms with Crippen molar-refractivity contribution in [2.75, 3.05) is 0 Å². The number of ketones is 4. The zero-order valence-corrected chi connectivity index (χ0v) is 13.4. The quantitative estimate of drug-likeness (QED) is 0.545. The second-order valence-corrected chi connectivity index (χ2v) is 5.85. The smallest absolute Gasteiger partial charge is 0.188 e. The van der Waals surface area contributed by atoms with Crippen LogP contribution >= 0.6 is 0 Å². The summed E-state index contributed by atoms with van der Waals surface area (Å²) < 4.78 is 0. The van der Waals surface area contributed by atoms with E-state index < -0.39 is 11.6 Å². The first-order chi connectivity index (χ1) is 10.2. The Morgan fingerprint density at radius 1 is 0.818 bits per heavy atom. The highest BCUT2D eigenvalue weighted by Gasteiger charge is 2.19. The molecule has 0 saturated carbocycles. The lowest BCUT2D eigenvalue weighted by Gasteiger charge is -2.06. The van der Waals surface area contributed by atoms with Crippen LogP contribution in [0, 0.1) is 11.8 Å². The average molecular weight is 303 g/mol. The van der Waals surface area contributed by atoms with Crippen molar-refractivity contribution in [3.63, 3.8) is 0 Å². The molecule has 0 amide bonds. The third-order valence-corrected chi connectivity index (χ3v) is 3.28. The highest BCUT2D eigenvalue weighted by atomic mass is 16.2. The number of carbonyl (C=O) groups is 4. The number of hydrogen-bond donors (Lipinski definition) is 0. The lowest BCUT2D eigenvalue weighted by atomic mass is 10.0. The average Bonchev–Trinajstić information content (AvgIpc) is 2.46. The Kier molecular flexibility index (Phi) is 6.28. The maximum Gasteiger partial charge on any atom is 0.188 e. The van der Waals surface area contributed by atoms with Crippen LogP contribution in [-0.4, -0.2) is 28.1 Å². The van der Waals surface area contributed by atoms with Crippen molar-refractivity contribution in [2.45, 2.75) is 40.5 Å². The minimum Gasteiger partial charge on any atom is -0.299 e. The van der Waals surface area contributed by atoms with Crippen LogP contribution in [0.25, 0.3) is 0 Å². The molecule has 0 fully saturated rings. The minimum atomic E-state index is -0.413. The summed E-state index contributed by atoms with van der Waals surface area (Å²) in [6, 6.07) is 4.47. The molecule has 0 atom stereocenters. The van der Waals surface area contributed by atoms with E-state index in [1.807, 2.05) is 0 Å². The number of rotatable bonds is 8. The van der Waals surface area contributed by atoms with Crippen molar-refractivity contribution >= 4 is 23.1 Å². The first-order valence-corrected chi connectivity index (χ1v) is 7.31. The van der Waals surface area contributed by atoms with E-state index >= 15 is 0 Å². The van der Waals surface area contributed by atoms with Crippen molar-refractivity contribution in [1.29, 1.82) is 0 Å². The lowest BCUT2D eigenvalue weighted by molar-refractivity contribution is -0.121. The van der Waals surface area contributed by atoms with Crippen LogP contribution in [0.15, 0.2) is 18.2 Å². The Balaban J connectivity index is 2.86. The molecule has 1 heterocycles. The van der Waals surface area contributed by atoms with Gasteiger partial charge in [-0.25, -0.2) is 4.98 Å². The first-order valence-electron chi connectivity index (χ1n) is 7.31.